The van der Waals surface area contributed by atoms with E-state index >= 15 is 0 Å². The van der Waals surface area contributed by atoms with Gasteiger partial charge in [-0.15, -0.1) is 0 Å². The average molecular weight is 258 g/mol. The monoisotopic (exact) mass is 258 g/mol. The highest BCUT2D eigenvalue weighted by Crippen LogP contribution is 2.36. The van der Waals surface area contributed by atoms with Crippen molar-refractivity contribution >= 4 is 17.0 Å². The summed E-state index contributed by atoms with van der Waals surface area (Å²) in [7, 11) is 0. The first-order valence-electron chi connectivity index (χ1n) is 6.39. The van der Waals surface area contributed by atoms with Gasteiger partial charge in [-0.2, -0.15) is 11.3 Å². The Morgan fingerprint density at radius 3 is 2.83 bits per heavy atom. The standard InChI is InChI=1S/C15H18N2S/c1-11(16)15(13-7-9-18-10-13)17-8-6-12-4-2-3-5-14(12)17/h2-5,7,9-11,15H,6,8,16H2,1H3. The summed E-state index contributed by atoms with van der Waals surface area (Å²) in [5, 5.41) is 4.35. The van der Waals surface area contributed by atoms with Gasteiger partial charge in [0.2, 0.25) is 0 Å². The zero-order valence-corrected chi connectivity index (χ0v) is 11.4. The summed E-state index contributed by atoms with van der Waals surface area (Å²) in [4.78, 5) is 2.46. The molecule has 0 bridgehead atoms. The molecule has 2 unspecified atom stereocenters. The van der Waals surface area contributed by atoms with E-state index in [2.05, 4.69) is 52.9 Å². The Bertz CT molecular complexity index is 519. The van der Waals surface area contributed by atoms with Crippen molar-refractivity contribution in [1.29, 1.82) is 0 Å². The Labute approximate surface area is 112 Å². The molecule has 1 aliphatic heterocycles. The number of nitrogens with zero attached hydrogens (tertiary/aromatic N) is 1. The largest absolute Gasteiger partial charge is 0.362 e. The molecule has 0 saturated heterocycles. The predicted octanol–water partition coefficient (Wildman–Crippen LogP) is 3.20. The summed E-state index contributed by atoms with van der Waals surface area (Å²) in [6, 6.07) is 11.3. The van der Waals surface area contributed by atoms with Crippen molar-refractivity contribution in [2.75, 3.05) is 11.4 Å². The molecule has 0 radical (unpaired) electrons. The molecule has 2 N–H and O–H groups in total. The van der Waals surface area contributed by atoms with Crippen molar-refractivity contribution < 1.29 is 0 Å². The first kappa shape index (κ1) is 11.8. The second-order valence-corrected chi connectivity index (χ2v) is 5.71. The highest BCUT2D eigenvalue weighted by molar-refractivity contribution is 7.08. The summed E-state index contributed by atoms with van der Waals surface area (Å²) in [5.74, 6) is 0. The van der Waals surface area contributed by atoms with Crippen molar-refractivity contribution in [1.82, 2.24) is 0 Å². The fraction of sp³-hybridized carbons (Fsp3) is 0.333. The van der Waals surface area contributed by atoms with E-state index in [-0.39, 0.29) is 6.04 Å². The molecule has 2 nitrogen and oxygen atoms in total. The Balaban J connectivity index is 1.99. The van der Waals surface area contributed by atoms with E-state index in [1.54, 1.807) is 11.3 Å². The molecule has 3 heteroatoms. The van der Waals surface area contributed by atoms with Gasteiger partial charge in [0.1, 0.15) is 0 Å². The molecule has 0 saturated carbocycles. The average Bonchev–Trinajstić information content (AvgIpc) is 3.00. The Kier molecular flexibility index (Phi) is 3.10. The number of para-hydroxylation sites is 1. The number of hydrogen-bond acceptors (Lipinski definition) is 3. The van der Waals surface area contributed by atoms with Gasteiger partial charge in [-0.05, 0) is 47.4 Å². The maximum atomic E-state index is 6.23. The Morgan fingerprint density at radius 2 is 2.11 bits per heavy atom. The number of hydrogen-bond donors (Lipinski definition) is 1. The van der Waals surface area contributed by atoms with E-state index in [1.165, 1.54) is 16.8 Å². The molecule has 1 aromatic carbocycles. The van der Waals surface area contributed by atoms with Crippen molar-refractivity contribution in [3.05, 3.63) is 52.2 Å². The van der Waals surface area contributed by atoms with Crippen LogP contribution in [-0.2, 0) is 6.42 Å². The summed E-state index contributed by atoms with van der Waals surface area (Å²) in [6.07, 6.45) is 1.13. The van der Waals surface area contributed by atoms with Gasteiger partial charge in [0.25, 0.3) is 0 Å². The van der Waals surface area contributed by atoms with Crippen LogP contribution in [-0.4, -0.2) is 12.6 Å². The highest BCUT2D eigenvalue weighted by Gasteiger charge is 2.29. The second-order valence-electron chi connectivity index (χ2n) is 4.93. The zero-order valence-electron chi connectivity index (χ0n) is 10.5. The fourth-order valence-electron chi connectivity index (χ4n) is 2.86. The van der Waals surface area contributed by atoms with E-state index in [0.717, 1.165) is 13.0 Å². The Hall–Kier alpha value is -1.32. The van der Waals surface area contributed by atoms with Crippen LogP contribution >= 0.6 is 11.3 Å². The lowest BCUT2D eigenvalue weighted by atomic mass is 10.0. The smallest absolute Gasteiger partial charge is 0.0699 e. The summed E-state index contributed by atoms with van der Waals surface area (Å²) in [6.45, 7) is 3.17. The molecule has 18 heavy (non-hydrogen) atoms. The van der Waals surface area contributed by atoms with Crippen LogP contribution in [0.25, 0.3) is 0 Å². The van der Waals surface area contributed by atoms with Crippen LogP contribution in [0.15, 0.2) is 41.1 Å². The quantitative estimate of drug-likeness (QED) is 0.916. The van der Waals surface area contributed by atoms with Gasteiger partial charge in [-0.3, -0.25) is 0 Å². The molecule has 1 aliphatic rings. The van der Waals surface area contributed by atoms with Crippen LogP contribution < -0.4 is 10.6 Å². The number of rotatable bonds is 3. The minimum Gasteiger partial charge on any atom is -0.362 e. The topological polar surface area (TPSA) is 29.3 Å². The number of benzene rings is 1. The molecule has 2 aromatic rings. The van der Waals surface area contributed by atoms with E-state index in [1.807, 2.05) is 0 Å². The van der Waals surface area contributed by atoms with Gasteiger partial charge >= 0.3 is 0 Å². The molecular weight excluding hydrogens is 240 g/mol. The van der Waals surface area contributed by atoms with Gasteiger partial charge in [0.05, 0.1) is 6.04 Å². The number of thiophene rings is 1. The molecule has 2 atom stereocenters. The predicted molar refractivity (Wildman–Crippen MR) is 78.2 cm³/mol. The lowest BCUT2D eigenvalue weighted by Crippen LogP contribution is -2.38. The number of anilines is 1. The molecule has 0 spiro atoms. The molecule has 3 rings (SSSR count). The third-order valence-corrected chi connectivity index (χ3v) is 4.34. The first-order valence-corrected chi connectivity index (χ1v) is 7.34. The lowest BCUT2D eigenvalue weighted by Gasteiger charge is -2.33. The van der Waals surface area contributed by atoms with E-state index < -0.39 is 0 Å². The molecule has 0 aliphatic carbocycles. The number of nitrogens with two attached hydrogens (primary N) is 1. The summed E-state index contributed by atoms with van der Waals surface area (Å²) in [5.41, 5.74) is 10.4. The van der Waals surface area contributed by atoms with E-state index in [9.17, 15) is 0 Å². The molecule has 0 fully saturated rings. The summed E-state index contributed by atoms with van der Waals surface area (Å²) >= 11 is 1.74. The van der Waals surface area contributed by atoms with Crippen molar-refractivity contribution in [2.24, 2.45) is 5.73 Å². The molecule has 1 aromatic heterocycles. The fourth-order valence-corrected chi connectivity index (χ4v) is 3.55. The normalized spacial score (nSPS) is 17.6. The minimum atomic E-state index is 0.130. The Morgan fingerprint density at radius 1 is 1.28 bits per heavy atom. The molecular formula is C15H18N2S. The van der Waals surface area contributed by atoms with Crippen LogP contribution in [0.3, 0.4) is 0 Å². The van der Waals surface area contributed by atoms with Gasteiger partial charge in [0.15, 0.2) is 0 Å². The zero-order chi connectivity index (χ0) is 12.5. The van der Waals surface area contributed by atoms with Crippen molar-refractivity contribution in [2.45, 2.75) is 25.4 Å². The SMILES string of the molecule is CC(N)C(c1ccsc1)N1CCc2ccccc21. The third kappa shape index (κ3) is 1.93. The van der Waals surface area contributed by atoms with Crippen LogP contribution in [0.2, 0.25) is 0 Å². The van der Waals surface area contributed by atoms with Gasteiger partial charge < -0.3 is 10.6 Å². The van der Waals surface area contributed by atoms with Crippen molar-refractivity contribution in [3.63, 3.8) is 0 Å². The third-order valence-electron chi connectivity index (χ3n) is 3.64. The second kappa shape index (κ2) is 4.75. The maximum Gasteiger partial charge on any atom is 0.0699 e. The van der Waals surface area contributed by atoms with Gasteiger partial charge in [-0.1, -0.05) is 18.2 Å². The molecule has 2 heterocycles. The van der Waals surface area contributed by atoms with E-state index in [4.69, 9.17) is 5.73 Å². The number of fused-ring (bicyclic) bond motifs is 1. The highest BCUT2D eigenvalue weighted by atomic mass is 32.1. The summed E-state index contributed by atoms with van der Waals surface area (Å²) < 4.78 is 0. The van der Waals surface area contributed by atoms with Gasteiger partial charge in [0, 0.05) is 18.3 Å². The lowest BCUT2D eigenvalue weighted by molar-refractivity contribution is 0.543. The maximum absolute atomic E-state index is 6.23. The van der Waals surface area contributed by atoms with Crippen LogP contribution in [0.4, 0.5) is 5.69 Å². The first-order chi connectivity index (χ1) is 8.77. The van der Waals surface area contributed by atoms with Crippen molar-refractivity contribution in [3.8, 4) is 0 Å². The van der Waals surface area contributed by atoms with E-state index in [0.29, 0.717) is 6.04 Å². The van der Waals surface area contributed by atoms with Gasteiger partial charge in [-0.25, -0.2) is 0 Å². The van der Waals surface area contributed by atoms with Crippen LogP contribution in [0, 0.1) is 0 Å². The molecule has 94 valence electrons. The molecule has 0 amide bonds. The van der Waals surface area contributed by atoms with Crippen LogP contribution in [0.1, 0.15) is 24.1 Å². The van der Waals surface area contributed by atoms with Crippen LogP contribution in [0.5, 0.6) is 0 Å². The minimum absolute atomic E-state index is 0.130.